The molecule has 17 heteroatoms. The summed E-state index contributed by atoms with van der Waals surface area (Å²) in [5, 5.41) is 108. The SMILES string of the molecule is C[C@H]1O[C@@H](OC[C@H]2O[C@@H](O[C@H]3CC[C@@]4(C)C(CC[C@]5(C)[C@@H]4CC=C4[C@H]6CC(C)(C)[C@@H](O)C[C@]6(C(=O)O)CC[C@]45C)C3(C)C)[C@H](O)[C@@H](O)[C@@H]2O)[C@H](O[C@@H]2OC[C@@H](O)[C@H](O)[C@H]2O)[C@@H](O)[C@H]1O. The molecule has 0 amide bonds. The number of aliphatic hydroxyl groups is 9. The van der Waals surface area contributed by atoms with Crippen LogP contribution in [-0.2, 0) is 33.2 Å². The second-order valence-corrected chi connectivity index (χ2v) is 23.1. The van der Waals surface area contributed by atoms with Crippen molar-refractivity contribution in [2.75, 3.05) is 13.2 Å². The molecule has 0 aromatic rings. The van der Waals surface area contributed by atoms with Crippen molar-refractivity contribution in [1.29, 1.82) is 0 Å². The number of carboxylic acids is 1. The molecule has 23 atom stereocenters. The zero-order valence-electron chi connectivity index (χ0n) is 38.7. The zero-order chi connectivity index (χ0) is 46.9. The molecule has 3 aliphatic heterocycles. The molecule has 17 nitrogen and oxygen atoms in total. The summed E-state index contributed by atoms with van der Waals surface area (Å²) in [4.78, 5) is 13.1. The van der Waals surface area contributed by atoms with Crippen LogP contribution in [0.3, 0.4) is 0 Å². The molecule has 0 radical (unpaired) electrons. The van der Waals surface area contributed by atoms with Gasteiger partial charge in [0.2, 0.25) is 0 Å². The highest BCUT2D eigenvalue weighted by Crippen LogP contribution is 2.76. The smallest absolute Gasteiger partial charge is 0.310 e. The maximum absolute atomic E-state index is 13.1. The molecule has 0 aromatic heterocycles. The van der Waals surface area contributed by atoms with Gasteiger partial charge in [-0.1, -0.05) is 60.1 Å². The van der Waals surface area contributed by atoms with Crippen LogP contribution in [-0.4, -0.2) is 168 Å². The molecular weight excluding hydrogens is 837 g/mol. The van der Waals surface area contributed by atoms with Crippen LogP contribution in [0.15, 0.2) is 11.6 Å². The Balaban J connectivity index is 0.970. The topological polar surface area (TPSA) is 275 Å². The fourth-order valence-corrected chi connectivity index (χ4v) is 14.7. The lowest BCUT2D eigenvalue weighted by atomic mass is 9.33. The van der Waals surface area contributed by atoms with E-state index in [0.29, 0.717) is 25.2 Å². The first kappa shape index (κ1) is 49.0. The summed E-state index contributed by atoms with van der Waals surface area (Å²) in [5.41, 5.74) is -0.928. The number of carboxylic acid groups (broad SMARTS) is 1. The van der Waals surface area contributed by atoms with E-state index in [-0.39, 0.29) is 41.1 Å². The maximum Gasteiger partial charge on any atom is 0.310 e. The van der Waals surface area contributed by atoms with E-state index in [0.717, 1.165) is 32.1 Å². The Morgan fingerprint density at radius 3 is 2.09 bits per heavy atom. The predicted octanol–water partition coefficient (Wildman–Crippen LogP) is 1.34. The van der Waals surface area contributed by atoms with Crippen molar-refractivity contribution in [3.8, 4) is 0 Å². The molecule has 64 heavy (non-hydrogen) atoms. The number of allylic oxidation sites excluding steroid dienone is 2. The van der Waals surface area contributed by atoms with E-state index in [1.165, 1.54) is 12.5 Å². The summed E-state index contributed by atoms with van der Waals surface area (Å²) in [7, 11) is 0. The minimum atomic E-state index is -1.71. The average molecular weight is 913 g/mol. The van der Waals surface area contributed by atoms with Crippen LogP contribution < -0.4 is 0 Å². The first-order valence-electron chi connectivity index (χ1n) is 23.7. The summed E-state index contributed by atoms with van der Waals surface area (Å²) >= 11 is 0. The van der Waals surface area contributed by atoms with Crippen molar-refractivity contribution in [2.45, 2.75) is 211 Å². The standard InChI is InChI=1S/C47H76O17/c1-21-30(50)34(54)37(64-38-35(55)31(51)24(48)19-59-38)40(61-21)60-20-25-32(52)33(53)36(56)39(62-25)63-29-12-13-44(6)26(43(29,4)5)11-14-46(8)27(44)10-9-22-23-17-42(2,3)28(49)18-47(23,41(57)58)16-15-45(22,46)7/h9,21,23-40,48-56H,10-20H2,1-8H3,(H,57,58)/t21-,23-,24-,25-,26?,27-,28+,29+,30+,31+,32-,33+,34+,35-,36-,37-,38+,39+,40-,44+,45-,46-,47-/m1/s1. The Kier molecular flexibility index (Phi) is 13.0. The number of carbonyl (C=O) groups is 1. The molecule has 366 valence electrons. The summed E-state index contributed by atoms with van der Waals surface area (Å²) < 4.78 is 35.8. The minimum absolute atomic E-state index is 0.0991. The highest BCUT2D eigenvalue weighted by Gasteiger charge is 2.70. The van der Waals surface area contributed by atoms with E-state index >= 15 is 0 Å². The maximum atomic E-state index is 13.1. The van der Waals surface area contributed by atoms with Crippen molar-refractivity contribution >= 4 is 5.97 Å². The summed E-state index contributed by atoms with van der Waals surface area (Å²) in [6.07, 6.45) is -13.0. The molecule has 8 rings (SSSR count). The first-order valence-corrected chi connectivity index (χ1v) is 23.7. The first-order chi connectivity index (χ1) is 29.7. The Labute approximate surface area is 376 Å². The normalized spacial score (nSPS) is 54.6. The van der Waals surface area contributed by atoms with Crippen molar-refractivity contribution in [3.63, 3.8) is 0 Å². The van der Waals surface area contributed by atoms with Gasteiger partial charge in [0.1, 0.15) is 61.0 Å². The Morgan fingerprint density at radius 1 is 0.719 bits per heavy atom. The molecule has 0 aromatic carbocycles. The van der Waals surface area contributed by atoms with Crippen molar-refractivity contribution in [3.05, 3.63) is 11.6 Å². The number of hydrogen-bond acceptors (Lipinski definition) is 16. The van der Waals surface area contributed by atoms with Gasteiger partial charge in [-0.2, -0.15) is 0 Å². The number of fused-ring (bicyclic) bond motifs is 7. The Hall–Kier alpha value is -1.39. The fraction of sp³-hybridized carbons (Fsp3) is 0.936. The Morgan fingerprint density at radius 2 is 1.41 bits per heavy atom. The number of aliphatic hydroxyl groups excluding tert-OH is 9. The molecule has 10 N–H and O–H groups in total. The van der Waals surface area contributed by atoms with E-state index in [1.807, 2.05) is 0 Å². The lowest BCUT2D eigenvalue weighted by Crippen LogP contribution is -2.66. The van der Waals surface area contributed by atoms with E-state index in [9.17, 15) is 55.9 Å². The molecule has 4 saturated carbocycles. The molecule has 0 bridgehead atoms. The van der Waals surface area contributed by atoms with Crippen LogP contribution in [0.25, 0.3) is 0 Å². The molecule has 5 aliphatic carbocycles. The van der Waals surface area contributed by atoms with E-state index in [1.54, 1.807) is 0 Å². The van der Waals surface area contributed by atoms with E-state index in [2.05, 4.69) is 54.5 Å². The second kappa shape index (κ2) is 16.9. The third kappa shape index (κ3) is 7.49. The zero-order valence-corrected chi connectivity index (χ0v) is 38.7. The van der Waals surface area contributed by atoms with E-state index < -0.39 is 127 Å². The second-order valence-electron chi connectivity index (χ2n) is 23.1. The van der Waals surface area contributed by atoms with Gasteiger partial charge in [0.15, 0.2) is 18.9 Å². The summed E-state index contributed by atoms with van der Waals surface area (Å²) in [6, 6.07) is 0. The number of ether oxygens (including phenoxy) is 6. The van der Waals surface area contributed by atoms with Crippen LogP contribution in [0.4, 0.5) is 0 Å². The van der Waals surface area contributed by atoms with Gasteiger partial charge >= 0.3 is 5.97 Å². The lowest BCUT2D eigenvalue weighted by molar-refractivity contribution is -0.365. The number of hydrogen-bond donors (Lipinski definition) is 10. The molecule has 3 saturated heterocycles. The van der Waals surface area contributed by atoms with Gasteiger partial charge in [0.25, 0.3) is 0 Å². The highest BCUT2D eigenvalue weighted by atomic mass is 16.8. The average Bonchev–Trinajstić information content (AvgIpc) is 3.22. The van der Waals surface area contributed by atoms with Crippen molar-refractivity contribution in [1.82, 2.24) is 0 Å². The molecule has 1 unspecified atom stereocenters. The lowest BCUT2D eigenvalue weighted by Gasteiger charge is -2.71. The monoisotopic (exact) mass is 913 g/mol. The molecule has 7 fully saturated rings. The van der Waals surface area contributed by atoms with Gasteiger partial charge in [-0.15, -0.1) is 0 Å². The summed E-state index contributed by atoms with van der Waals surface area (Å²) in [5.74, 6) is -0.421. The Bertz CT molecular complexity index is 1760. The van der Waals surface area contributed by atoms with Gasteiger partial charge in [0.05, 0.1) is 36.9 Å². The van der Waals surface area contributed by atoms with Gasteiger partial charge < -0.3 is 79.5 Å². The van der Waals surface area contributed by atoms with Gasteiger partial charge in [-0.25, -0.2) is 0 Å². The minimum Gasteiger partial charge on any atom is -0.481 e. The van der Waals surface area contributed by atoms with E-state index in [4.69, 9.17) is 28.4 Å². The van der Waals surface area contributed by atoms with Crippen molar-refractivity contribution < 1.29 is 84.3 Å². The third-order valence-electron chi connectivity index (χ3n) is 19.1. The highest BCUT2D eigenvalue weighted by molar-refractivity contribution is 5.77. The number of aliphatic carboxylic acids is 1. The van der Waals surface area contributed by atoms with Crippen LogP contribution in [0.1, 0.15) is 113 Å². The molecule has 3 heterocycles. The van der Waals surface area contributed by atoms with Crippen LogP contribution in [0.2, 0.25) is 0 Å². The fourth-order valence-electron chi connectivity index (χ4n) is 14.7. The van der Waals surface area contributed by atoms with Gasteiger partial charge in [-0.3, -0.25) is 4.79 Å². The van der Waals surface area contributed by atoms with Gasteiger partial charge in [-0.05, 0) is 110 Å². The van der Waals surface area contributed by atoms with Crippen LogP contribution >= 0.6 is 0 Å². The number of rotatable bonds is 8. The third-order valence-corrected chi connectivity index (χ3v) is 19.1. The predicted molar refractivity (Wildman–Crippen MR) is 225 cm³/mol. The van der Waals surface area contributed by atoms with Crippen molar-refractivity contribution in [2.24, 2.45) is 50.2 Å². The van der Waals surface area contributed by atoms with Gasteiger partial charge in [0, 0.05) is 0 Å². The largest absolute Gasteiger partial charge is 0.481 e. The van der Waals surface area contributed by atoms with Crippen LogP contribution in [0, 0.1) is 50.2 Å². The van der Waals surface area contributed by atoms with Crippen LogP contribution in [0.5, 0.6) is 0 Å². The molecule has 0 spiro atoms. The quantitative estimate of drug-likeness (QED) is 0.122. The molecular formula is C47H76O17. The molecule has 8 aliphatic rings. The summed E-state index contributed by atoms with van der Waals surface area (Å²) in [6.45, 7) is 16.4.